The fourth-order valence-corrected chi connectivity index (χ4v) is 2.44. The number of hydrogen-bond acceptors (Lipinski definition) is 8. The normalized spacial score (nSPS) is 30.4. The Morgan fingerprint density at radius 1 is 1.40 bits per heavy atom. The first-order valence-electron chi connectivity index (χ1n) is 6.16. The predicted molar refractivity (Wildman–Crippen MR) is 68.8 cm³/mol. The summed E-state index contributed by atoms with van der Waals surface area (Å²) in [5.41, 5.74) is 0. The van der Waals surface area contributed by atoms with Gasteiger partial charge in [0.1, 0.15) is 12.4 Å². The highest BCUT2D eigenvalue weighted by Crippen LogP contribution is 2.29. The summed E-state index contributed by atoms with van der Waals surface area (Å²) in [5.74, 6) is 0.225. The van der Waals surface area contributed by atoms with Gasteiger partial charge in [0.2, 0.25) is 12.2 Å². The molecule has 1 aliphatic rings. The van der Waals surface area contributed by atoms with Gasteiger partial charge in [-0.2, -0.15) is 0 Å². The van der Waals surface area contributed by atoms with Crippen LogP contribution >= 0.6 is 8.38 Å². The lowest BCUT2D eigenvalue weighted by Crippen LogP contribution is -2.51. The van der Waals surface area contributed by atoms with Gasteiger partial charge in [0, 0.05) is 24.8 Å². The van der Waals surface area contributed by atoms with Crippen LogP contribution in [0.25, 0.3) is 0 Å². The molecule has 0 saturated carbocycles. The van der Waals surface area contributed by atoms with Crippen molar-refractivity contribution in [2.45, 2.75) is 37.4 Å². The van der Waals surface area contributed by atoms with Crippen molar-refractivity contribution in [3.05, 3.63) is 18.6 Å². The Morgan fingerprint density at radius 3 is 2.85 bits per heavy atom. The Labute approximate surface area is 116 Å². The zero-order valence-corrected chi connectivity index (χ0v) is 11.5. The van der Waals surface area contributed by atoms with Gasteiger partial charge in [-0.15, -0.1) is 0 Å². The van der Waals surface area contributed by atoms with E-state index in [1.54, 1.807) is 0 Å². The molecule has 8 nitrogen and oxygen atoms in total. The van der Waals surface area contributed by atoms with Crippen molar-refractivity contribution in [1.82, 2.24) is 9.97 Å². The number of ether oxygens (including phenoxy) is 2. The molecule has 1 aromatic heterocycles. The molecule has 0 amide bonds. The van der Waals surface area contributed by atoms with Crippen molar-refractivity contribution in [1.29, 1.82) is 0 Å². The van der Waals surface area contributed by atoms with E-state index in [0.29, 0.717) is 6.42 Å². The molecule has 2 heterocycles. The average molecular weight is 304 g/mol. The highest BCUT2D eigenvalue weighted by molar-refractivity contribution is 7.45. The summed E-state index contributed by atoms with van der Waals surface area (Å²) < 4.78 is 10.9. The summed E-state index contributed by atoms with van der Waals surface area (Å²) >= 11 is 0. The fourth-order valence-electron chi connectivity index (χ4n) is 1.93. The van der Waals surface area contributed by atoms with Crippen LogP contribution in [0.5, 0.6) is 5.88 Å². The first kappa shape index (κ1) is 15.5. The standard InChI is InChI=1S/C11H17N2O6P/c14-8-5-7(2-4-20(16)17)18-11(10(8)15)19-9-1-3-12-6-13-9/h1,3,6-8,10-11,14-17H,2,4-5H2. The van der Waals surface area contributed by atoms with Gasteiger partial charge in [0.05, 0.1) is 12.2 Å². The zero-order chi connectivity index (χ0) is 14.5. The van der Waals surface area contributed by atoms with Crippen LogP contribution in [0.3, 0.4) is 0 Å². The summed E-state index contributed by atoms with van der Waals surface area (Å²) in [6, 6.07) is 1.51. The monoisotopic (exact) mass is 304 g/mol. The molecule has 4 atom stereocenters. The second kappa shape index (κ2) is 7.21. The van der Waals surface area contributed by atoms with E-state index in [9.17, 15) is 10.2 Å². The highest BCUT2D eigenvalue weighted by Gasteiger charge is 2.38. The quantitative estimate of drug-likeness (QED) is 0.530. The minimum atomic E-state index is -2.00. The Balaban J connectivity index is 1.95. The molecule has 1 aromatic rings. The van der Waals surface area contributed by atoms with Crippen LogP contribution < -0.4 is 4.74 Å². The van der Waals surface area contributed by atoms with Gasteiger partial charge in [-0.25, -0.2) is 9.97 Å². The Bertz CT molecular complexity index is 409. The third-order valence-corrected chi connectivity index (χ3v) is 3.61. The second-order valence-electron chi connectivity index (χ2n) is 4.47. The second-order valence-corrected chi connectivity index (χ2v) is 5.66. The molecule has 9 heteroatoms. The summed E-state index contributed by atoms with van der Waals surface area (Å²) in [7, 11) is -2.00. The van der Waals surface area contributed by atoms with Crippen LogP contribution in [0, 0.1) is 0 Å². The number of nitrogens with zero attached hydrogens (tertiary/aromatic N) is 2. The van der Waals surface area contributed by atoms with E-state index in [1.165, 1.54) is 18.6 Å². The van der Waals surface area contributed by atoms with Crippen molar-refractivity contribution >= 4 is 8.38 Å². The topological polar surface area (TPSA) is 125 Å². The van der Waals surface area contributed by atoms with E-state index >= 15 is 0 Å². The maximum absolute atomic E-state index is 9.86. The average Bonchev–Trinajstić information content (AvgIpc) is 2.43. The van der Waals surface area contributed by atoms with E-state index in [0.717, 1.165) is 0 Å². The van der Waals surface area contributed by atoms with E-state index in [1.807, 2.05) is 0 Å². The molecule has 0 aromatic carbocycles. The molecular weight excluding hydrogens is 287 g/mol. The molecule has 4 N–H and O–H groups in total. The number of hydrogen-bond donors (Lipinski definition) is 4. The number of aliphatic hydroxyl groups is 2. The smallest absolute Gasteiger partial charge is 0.230 e. The van der Waals surface area contributed by atoms with Gasteiger partial charge in [0.25, 0.3) is 0 Å². The van der Waals surface area contributed by atoms with Crippen molar-refractivity contribution < 1.29 is 29.5 Å². The first-order chi connectivity index (χ1) is 9.56. The molecule has 0 aliphatic carbocycles. The van der Waals surface area contributed by atoms with Crippen molar-refractivity contribution in [2.75, 3.05) is 6.16 Å². The summed E-state index contributed by atoms with van der Waals surface area (Å²) in [6.07, 6.45) is -0.107. The maximum Gasteiger partial charge on any atom is 0.230 e. The van der Waals surface area contributed by atoms with E-state index in [4.69, 9.17) is 19.3 Å². The zero-order valence-electron chi connectivity index (χ0n) is 10.6. The summed E-state index contributed by atoms with van der Waals surface area (Å²) in [6.45, 7) is 0. The molecule has 1 aliphatic heterocycles. The molecular formula is C11H17N2O6P. The fraction of sp³-hybridized carbons (Fsp3) is 0.636. The van der Waals surface area contributed by atoms with E-state index in [2.05, 4.69) is 9.97 Å². The van der Waals surface area contributed by atoms with Crippen molar-refractivity contribution in [2.24, 2.45) is 0 Å². The van der Waals surface area contributed by atoms with Gasteiger partial charge in [-0.05, 0) is 6.42 Å². The summed E-state index contributed by atoms with van der Waals surface area (Å²) in [4.78, 5) is 25.4. The van der Waals surface area contributed by atoms with Crippen LogP contribution in [0.4, 0.5) is 0 Å². The Morgan fingerprint density at radius 2 is 2.20 bits per heavy atom. The van der Waals surface area contributed by atoms with Crippen molar-refractivity contribution in [3.63, 3.8) is 0 Å². The minimum absolute atomic E-state index is 0.184. The van der Waals surface area contributed by atoms with E-state index < -0.39 is 33.0 Å². The van der Waals surface area contributed by atoms with Gasteiger partial charge in [-0.1, -0.05) is 0 Å². The lowest BCUT2D eigenvalue weighted by molar-refractivity contribution is -0.236. The van der Waals surface area contributed by atoms with Crippen LogP contribution in [0.1, 0.15) is 12.8 Å². The van der Waals surface area contributed by atoms with Crippen LogP contribution in [0.15, 0.2) is 18.6 Å². The van der Waals surface area contributed by atoms with Crippen LogP contribution in [0.2, 0.25) is 0 Å². The number of aromatic nitrogens is 2. The molecule has 1 fully saturated rings. The molecule has 0 spiro atoms. The van der Waals surface area contributed by atoms with Crippen molar-refractivity contribution in [3.8, 4) is 5.88 Å². The van der Waals surface area contributed by atoms with Gasteiger partial charge < -0.3 is 29.5 Å². The van der Waals surface area contributed by atoms with Gasteiger partial charge in [-0.3, -0.25) is 0 Å². The lowest BCUT2D eigenvalue weighted by atomic mass is 10.0. The Kier molecular flexibility index (Phi) is 5.59. The van der Waals surface area contributed by atoms with E-state index in [-0.39, 0.29) is 18.5 Å². The lowest BCUT2D eigenvalue weighted by Gasteiger charge is -2.36. The highest BCUT2D eigenvalue weighted by atomic mass is 31.2. The minimum Gasteiger partial charge on any atom is -0.445 e. The molecule has 112 valence electrons. The number of rotatable bonds is 5. The maximum atomic E-state index is 9.86. The molecule has 4 unspecified atom stereocenters. The third-order valence-electron chi connectivity index (χ3n) is 2.95. The number of aliphatic hydroxyl groups excluding tert-OH is 2. The molecule has 1 saturated heterocycles. The molecule has 2 rings (SSSR count). The SMILES string of the molecule is OC1CC(CCP(O)O)OC(Oc2ccncn2)C1O. The third kappa shape index (κ3) is 4.31. The Hall–Kier alpha value is -0.890. The van der Waals surface area contributed by atoms with Gasteiger partial charge in [0.15, 0.2) is 8.38 Å². The largest absolute Gasteiger partial charge is 0.445 e. The van der Waals surface area contributed by atoms with Crippen LogP contribution in [-0.2, 0) is 4.74 Å². The van der Waals surface area contributed by atoms with Gasteiger partial charge >= 0.3 is 0 Å². The molecule has 0 radical (unpaired) electrons. The molecule has 0 bridgehead atoms. The first-order valence-corrected chi connectivity index (χ1v) is 7.59. The molecule has 20 heavy (non-hydrogen) atoms. The van der Waals surface area contributed by atoms with Crippen LogP contribution in [-0.4, -0.2) is 60.7 Å². The summed E-state index contributed by atoms with van der Waals surface area (Å²) in [5, 5.41) is 19.7. The predicted octanol–water partition coefficient (Wildman–Crippen LogP) is -0.621.